The molecule has 0 heterocycles. The Labute approximate surface area is 234 Å². The third-order valence-corrected chi connectivity index (χ3v) is 7.87. The van der Waals surface area contributed by atoms with Gasteiger partial charge in [0.1, 0.15) is 13.2 Å². The van der Waals surface area contributed by atoms with Crippen LogP contribution < -0.4 is 5.32 Å². The highest BCUT2D eigenvalue weighted by Gasteiger charge is 2.27. The van der Waals surface area contributed by atoms with Crippen LogP contribution in [0.1, 0.15) is 129 Å². The lowest BCUT2D eigenvalue weighted by atomic mass is 10.0. The Bertz CT molecular complexity index is 614. The molecule has 3 unspecified atom stereocenters. The largest absolute Gasteiger partial charge is 0.472 e. The first kappa shape index (κ1) is 37.5. The summed E-state index contributed by atoms with van der Waals surface area (Å²) in [4.78, 5) is 21.5. The first-order valence-corrected chi connectivity index (χ1v) is 16.8. The summed E-state index contributed by atoms with van der Waals surface area (Å²) in [7, 11) is 1.61. The van der Waals surface area contributed by atoms with E-state index >= 15 is 0 Å². The number of hydrogen-bond acceptors (Lipinski definition) is 5. The average Bonchev–Trinajstić information content (AvgIpc) is 2.82. The van der Waals surface area contributed by atoms with Crippen molar-refractivity contribution in [3.8, 4) is 0 Å². The summed E-state index contributed by atoms with van der Waals surface area (Å²) in [5.41, 5.74) is 0. The standard InChI is InChI=1S/C29H61N2O6P/c1-6-7-8-9-10-11-12-13-14-15-16-17-18-19-20-21-22-23-29(33)28(30-27(2)32)26-37-38(34,35)36-25-24-31(3,4)5/h28-29,33H,6-26H2,1-5H3,(H-,30,32,34,35)/p+1. The second kappa shape index (κ2) is 23.2. The van der Waals surface area contributed by atoms with Crippen LogP contribution in [0.5, 0.6) is 0 Å². The molecule has 9 heteroatoms. The zero-order valence-electron chi connectivity index (χ0n) is 25.4. The minimum absolute atomic E-state index is 0.0733. The number of quaternary nitrogens is 1. The van der Waals surface area contributed by atoms with Gasteiger partial charge in [0.15, 0.2) is 0 Å². The first-order valence-electron chi connectivity index (χ1n) is 15.3. The third-order valence-electron chi connectivity index (χ3n) is 6.89. The van der Waals surface area contributed by atoms with E-state index in [4.69, 9.17) is 9.05 Å². The van der Waals surface area contributed by atoms with Crippen LogP contribution in [-0.2, 0) is 18.4 Å². The monoisotopic (exact) mass is 565 g/mol. The molecule has 0 spiro atoms. The van der Waals surface area contributed by atoms with Gasteiger partial charge in [0.05, 0.1) is 39.9 Å². The molecule has 3 atom stereocenters. The van der Waals surface area contributed by atoms with Crippen LogP contribution in [0.2, 0.25) is 0 Å². The van der Waals surface area contributed by atoms with E-state index in [1.807, 2.05) is 21.1 Å². The van der Waals surface area contributed by atoms with E-state index < -0.39 is 20.0 Å². The molecule has 0 aromatic carbocycles. The van der Waals surface area contributed by atoms with Gasteiger partial charge in [-0.2, -0.15) is 0 Å². The number of phosphoric ester groups is 1. The molecule has 0 saturated heterocycles. The molecule has 1 amide bonds. The van der Waals surface area contributed by atoms with Gasteiger partial charge in [-0.3, -0.25) is 13.8 Å². The van der Waals surface area contributed by atoms with Gasteiger partial charge < -0.3 is 19.8 Å². The third kappa shape index (κ3) is 25.8. The van der Waals surface area contributed by atoms with Crippen LogP contribution in [0.3, 0.4) is 0 Å². The van der Waals surface area contributed by atoms with Crippen molar-refractivity contribution < 1.29 is 32.9 Å². The Morgan fingerprint density at radius 2 is 1.21 bits per heavy atom. The molecular weight excluding hydrogens is 503 g/mol. The summed E-state index contributed by atoms with van der Waals surface area (Å²) in [6.45, 7) is 3.96. The highest BCUT2D eigenvalue weighted by Crippen LogP contribution is 2.43. The van der Waals surface area contributed by atoms with Crippen molar-refractivity contribution in [2.24, 2.45) is 0 Å². The topological polar surface area (TPSA) is 105 Å². The summed E-state index contributed by atoms with van der Waals surface area (Å²) in [6, 6.07) is -0.754. The summed E-state index contributed by atoms with van der Waals surface area (Å²) in [6.07, 6.45) is 21.7. The number of phosphoric acid groups is 1. The fraction of sp³-hybridized carbons (Fsp3) is 0.966. The van der Waals surface area contributed by atoms with E-state index in [2.05, 4.69) is 12.2 Å². The molecular formula is C29H62N2O6P+. The number of nitrogens with one attached hydrogen (secondary N) is 1. The fourth-order valence-electron chi connectivity index (χ4n) is 4.43. The van der Waals surface area contributed by atoms with Crippen LogP contribution in [-0.4, -0.2) is 73.4 Å². The molecule has 0 aliphatic heterocycles. The Hall–Kier alpha value is -0.500. The molecule has 0 radical (unpaired) electrons. The van der Waals surface area contributed by atoms with Crippen molar-refractivity contribution in [1.29, 1.82) is 0 Å². The molecule has 0 aliphatic carbocycles. The van der Waals surface area contributed by atoms with Gasteiger partial charge in [-0.05, 0) is 6.42 Å². The number of amides is 1. The molecule has 0 aromatic heterocycles. The van der Waals surface area contributed by atoms with Gasteiger partial charge in [0.25, 0.3) is 0 Å². The van der Waals surface area contributed by atoms with Crippen molar-refractivity contribution in [2.75, 3.05) is 40.9 Å². The van der Waals surface area contributed by atoms with Crippen LogP contribution in [0.15, 0.2) is 0 Å². The highest BCUT2D eigenvalue weighted by atomic mass is 31.2. The minimum Gasteiger partial charge on any atom is -0.391 e. The number of hydrogen-bond donors (Lipinski definition) is 3. The average molecular weight is 566 g/mol. The number of unbranched alkanes of at least 4 members (excludes halogenated alkanes) is 16. The maximum absolute atomic E-state index is 12.1. The Morgan fingerprint density at radius 1 is 0.789 bits per heavy atom. The molecule has 0 saturated carbocycles. The lowest BCUT2D eigenvalue weighted by Gasteiger charge is -2.26. The van der Waals surface area contributed by atoms with E-state index in [9.17, 15) is 19.4 Å². The van der Waals surface area contributed by atoms with Crippen LogP contribution in [0.25, 0.3) is 0 Å². The van der Waals surface area contributed by atoms with E-state index in [1.54, 1.807) is 0 Å². The van der Waals surface area contributed by atoms with Gasteiger partial charge >= 0.3 is 7.82 Å². The normalized spacial score (nSPS) is 15.2. The molecule has 0 aromatic rings. The predicted octanol–water partition coefficient (Wildman–Crippen LogP) is 6.73. The zero-order chi connectivity index (χ0) is 28.7. The van der Waals surface area contributed by atoms with Crippen molar-refractivity contribution in [1.82, 2.24) is 5.32 Å². The quantitative estimate of drug-likeness (QED) is 0.0579. The molecule has 0 rings (SSSR count). The van der Waals surface area contributed by atoms with Gasteiger partial charge in [-0.1, -0.05) is 116 Å². The van der Waals surface area contributed by atoms with Gasteiger partial charge in [-0.25, -0.2) is 4.57 Å². The van der Waals surface area contributed by atoms with Crippen LogP contribution in [0, 0.1) is 0 Å². The number of aliphatic hydroxyl groups excluding tert-OH is 1. The predicted molar refractivity (Wildman–Crippen MR) is 157 cm³/mol. The molecule has 0 bridgehead atoms. The Morgan fingerprint density at radius 3 is 1.61 bits per heavy atom. The molecule has 0 aliphatic rings. The lowest BCUT2D eigenvalue weighted by Crippen LogP contribution is -2.45. The van der Waals surface area contributed by atoms with E-state index in [0.717, 1.165) is 19.3 Å². The van der Waals surface area contributed by atoms with Crippen LogP contribution >= 0.6 is 7.82 Å². The van der Waals surface area contributed by atoms with E-state index in [-0.39, 0.29) is 19.1 Å². The number of nitrogens with zero attached hydrogens (tertiary/aromatic N) is 1. The van der Waals surface area contributed by atoms with Gasteiger partial charge in [-0.15, -0.1) is 0 Å². The van der Waals surface area contributed by atoms with E-state index in [1.165, 1.54) is 96.8 Å². The summed E-state index contributed by atoms with van der Waals surface area (Å²) >= 11 is 0. The molecule has 8 nitrogen and oxygen atoms in total. The van der Waals surface area contributed by atoms with Crippen molar-refractivity contribution in [3.05, 3.63) is 0 Å². The highest BCUT2D eigenvalue weighted by molar-refractivity contribution is 7.47. The van der Waals surface area contributed by atoms with E-state index in [0.29, 0.717) is 17.4 Å². The smallest absolute Gasteiger partial charge is 0.391 e. The van der Waals surface area contributed by atoms with Crippen molar-refractivity contribution in [2.45, 2.75) is 142 Å². The first-order chi connectivity index (χ1) is 18.0. The molecule has 3 N–H and O–H groups in total. The number of aliphatic hydroxyl groups is 1. The summed E-state index contributed by atoms with van der Waals surface area (Å²) in [5.74, 6) is -0.321. The van der Waals surface area contributed by atoms with Crippen LogP contribution in [0.4, 0.5) is 0 Å². The Kier molecular flexibility index (Phi) is 22.9. The SMILES string of the molecule is CCCCCCCCCCCCCCCCCCCC(O)C(COP(=O)(O)OCC[N+](C)(C)C)NC(C)=O. The van der Waals surface area contributed by atoms with Gasteiger partial charge in [0, 0.05) is 6.92 Å². The van der Waals surface area contributed by atoms with Crippen molar-refractivity contribution in [3.63, 3.8) is 0 Å². The maximum atomic E-state index is 12.1. The number of likely N-dealkylation sites (N-methyl/N-ethyl adjacent to an activating group) is 1. The summed E-state index contributed by atoms with van der Waals surface area (Å²) in [5, 5.41) is 13.2. The number of rotatable bonds is 27. The molecule has 228 valence electrons. The second-order valence-corrected chi connectivity index (χ2v) is 13.4. The fourth-order valence-corrected chi connectivity index (χ4v) is 5.17. The second-order valence-electron chi connectivity index (χ2n) is 11.9. The lowest BCUT2D eigenvalue weighted by molar-refractivity contribution is -0.870. The van der Waals surface area contributed by atoms with Crippen molar-refractivity contribution >= 4 is 13.7 Å². The minimum atomic E-state index is -4.25. The molecule has 38 heavy (non-hydrogen) atoms. The maximum Gasteiger partial charge on any atom is 0.472 e. The Balaban J connectivity index is 3.86. The zero-order valence-corrected chi connectivity index (χ0v) is 26.3. The molecule has 0 fully saturated rings. The number of carbonyl (C=O) groups is 1. The number of carbonyl (C=O) groups excluding carboxylic acids is 1. The van der Waals surface area contributed by atoms with Gasteiger partial charge in [0.2, 0.25) is 5.91 Å². The summed E-state index contributed by atoms with van der Waals surface area (Å²) < 4.78 is 22.8.